The molecule has 0 aliphatic heterocycles. The molecule has 0 bridgehead atoms. The monoisotopic (exact) mass is 362 g/mol. The van der Waals surface area contributed by atoms with E-state index in [-0.39, 0.29) is 0 Å². The Balaban J connectivity index is 2.24. The maximum Gasteiger partial charge on any atom is 0.247 e. The van der Waals surface area contributed by atoms with E-state index in [0.717, 1.165) is 16.1 Å². The molecule has 0 saturated heterocycles. The zero-order valence-electron chi connectivity index (χ0n) is 14.7. The summed E-state index contributed by atoms with van der Waals surface area (Å²) >= 11 is 0. The van der Waals surface area contributed by atoms with Gasteiger partial charge in [-0.05, 0) is 50.2 Å². The molecule has 1 amide bonds. The third kappa shape index (κ3) is 4.73. The average molecular weight is 362 g/mol. The minimum atomic E-state index is -3.63. The normalized spacial score (nSPS) is 12.3. The average Bonchev–Trinajstić information content (AvgIpc) is 2.56. The molecule has 25 heavy (non-hydrogen) atoms. The largest absolute Gasteiger partial charge is 0.497 e. The zero-order valence-corrected chi connectivity index (χ0v) is 15.5. The Hall–Kier alpha value is -2.54. The van der Waals surface area contributed by atoms with Crippen LogP contribution in [0.15, 0.2) is 48.5 Å². The van der Waals surface area contributed by atoms with Crippen molar-refractivity contribution in [2.45, 2.75) is 19.9 Å². The van der Waals surface area contributed by atoms with Crippen LogP contribution in [0.3, 0.4) is 0 Å². The number of hydrogen-bond acceptors (Lipinski definition) is 4. The lowest BCUT2D eigenvalue weighted by Gasteiger charge is -2.28. The first kappa shape index (κ1) is 18.8. The first-order chi connectivity index (χ1) is 11.7. The highest BCUT2D eigenvalue weighted by Gasteiger charge is 2.29. The molecule has 134 valence electrons. The van der Waals surface area contributed by atoms with Crippen LogP contribution in [0.25, 0.3) is 0 Å². The maximum atomic E-state index is 12.5. The third-order valence-corrected chi connectivity index (χ3v) is 4.98. The number of anilines is 2. The molecule has 0 saturated carbocycles. The van der Waals surface area contributed by atoms with Crippen LogP contribution in [0, 0.1) is 6.92 Å². The summed E-state index contributed by atoms with van der Waals surface area (Å²) in [6, 6.07) is 12.9. The van der Waals surface area contributed by atoms with Gasteiger partial charge in [-0.25, -0.2) is 8.42 Å². The Bertz CT molecular complexity index is 830. The smallest absolute Gasteiger partial charge is 0.247 e. The van der Waals surface area contributed by atoms with E-state index in [4.69, 9.17) is 4.74 Å². The topological polar surface area (TPSA) is 75.7 Å². The van der Waals surface area contributed by atoms with Crippen LogP contribution in [0.2, 0.25) is 0 Å². The lowest BCUT2D eigenvalue weighted by molar-refractivity contribution is -0.116. The molecule has 0 unspecified atom stereocenters. The zero-order chi connectivity index (χ0) is 18.6. The van der Waals surface area contributed by atoms with Crippen LogP contribution < -0.4 is 14.4 Å². The Kier molecular flexibility index (Phi) is 5.69. The van der Waals surface area contributed by atoms with Crippen molar-refractivity contribution in [2.24, 2.45) is 0 Å². The van der Waals surface area contributed by atoms with Crippen LogP contribution in [-0.4, -0.2) is 33.7 Å². The molecule has 0 aliphatic carbocycles. The van der Waals surface area contributed by atoms with Crippen molar-refractivity contribution < 1.29 is 17.9 Å². The van der Waals surface area contributed by atoms with E-state index in [9.17, 15) is 13.2 Å². The van der Waals surface area contributed by atoms with Crippen molar-refractivity contribution in [1.29, 1.82) is 0 Å². The van der Waals surface area contributed by atoms with E-state index in [0.29, 0.717) is 17.1 Å². The van der Waals surface area contributed by atoms with Crippen molar-refractivity contribution in [1.82, 2.24) is 0 Å². The molecule has 2 aromatic rings. The van der Waals surface area contributed by atoms with Crippen LogP contribution in [0.1, 0.15) is 12.5 Å². The van der Waals surface area contributed by atoms with E-state index in [1.807, 2.05) is 19.1 Å². The van der Waals surface area contributed by atoms with E-state index >= 15 is 0 Å². The van der Waals surface area contributed by atoms with E-state index in [1.54, 1.807) is 50.4 Å². The van der Waals surface area contributed by atoms with Gasteiger partial charge >= 0.3 is 0 Å². The van der Waals surface area contributed by atoms with E-state index in [2.05, 4.69) is 5.32 Å². The molecule has 7 heteroatoms. The van der Waals surface area contributed by atoms with Crippen LogP contribution >= 0.6 is 0 Å². The number of ether oxygens (including phenoxy) is 1. The molecule has 1 N–H and O–H groups in total. The highest BCUT2D eigenvalue weighted by atomic mass is 32.2. The van der Waals surface area contributed by atoms with Crippen LogP contribution in [-0.2, 0) is 14.8 Å². The Labute approximate surface area is 148 Å². The number of methoxy groups -OCH3 is 1. The molecule has 1 atom stereocenters. The van der Waals surface area contributed by atoms with Gasteiger partial charge in [0.2, 0.25) is 15.9 Å². The van der Waals surface area contributed by atoms with Crippen LogP contribution in [0.4, 0.5) is 11.4 Å². The quantitative estimate of drug-likeness (QED) is 0.857. The summed E-state index contributed by atoms with van der Waals surface area (Å²) in [6.45, 7) is 3.47. The van der Waals surface area contributed by atoms with Gasteiger partial charge in [0.25, 0.3) is 0 Å². The SMILES string of the molecule is COc1ccc(NC(=O)[C@H](C)N(c2ccc(C)cc2)S(C)(=O)=O)cc1. The summed E-state index contributed by atoms with van der Waals surface area (Å²) in [4.78, 5) is 12.5. The van der Waals surface area contributed by atoms with Gasteiger partial charge in [0, 0.05) is 5.69 Å². The molecule has 0 aliphatic rings. The van der Waals surface area contributed by atoms with Gasteiger partial charge in [-0.2, -0.15) is 0 Å². The highest BCUT2D eigenvalue weighted by Crippen LogP contribution is 2.22. The molecular formula is C18H22N2O4S. The minimum absolute atomic E-state index is 0.420. The molecule has 0 radical (unpaired) electrons. The predicted octanol–water partition coefficient (Wildman–Crippen LogP) is 2.80. The molecule has 0 heterocycles. The van der Waals surface area contributed by atoms with Gasteiger partial charge in [0.1, 0.15) is 11.8 Å². The predicted molar refractivity (Wildman–Crippen MR) is 99.6 cm³/mol. The molecule has 0 spiro atoms. The van der Waals surface area contributed by atoms with Crippen LogP contribution in [0.5, 0.6) is 5.75 Å². The number of carbonyl (C=O) groups excluding carboxylic acids is 1. The van der Waals surface area contributed by atoms with Gasteiger partial charge in [-0.15, -0.1) is 0 Å². The number of carbonyl (C=O) groups is 1. The van der Waals surface area contributed by atoms with Crippen molar-refractivity contribution >= 4 is 27.3 Å². The second-order valence-corrected chi connectivity index (χ2v) is 7.65. The standard InChI is InChI=1S/C18H22N2O4S/c1-13-5-9-16(10-6-13)20(25(4,22)23)14(2)18(21)19-15-7-11-17(24-3)12-8-15/h5-12,14H,1-4H3,(H,19,21)/t14-/m0/s1. The van der Waals surface area contributed by atoms with Gasteiger partial charge < -0.3 is 10.1 Å². The number of aryl methyl sites for hydroxylation is 1. The lowest BCUT2D eigenvalue weighted by atomic mass is 10.2. The minimum Gasteiger partial charge on any atom is -0.497 e. The second-order valence-electron chi connectivity index (χ2n) is 5.79. The van der Waals surface area contributed by atoms with E-state index in [1.165, 1.54) is 0 Å². The first-order valence-corrected chi connectivity index (χ1v) is 9.58. The number of amides is 1. The third-order valence-electron chi connectivity index (χ3n) is 3.73. The molecule has 2 aromatic carbocycles. The van der Waals surface area contributed by atoms with Crippen molar-refractivity contribution in [3.8, 4) is 5.75 Å². The molecular weight excluding hydrogens is 340 g/mol. The number of hydrogen-bond donors (Lipinski definition) is 1. The fourth-order valence-electron chi connectivity index (χ4n) is 2.42. The van der Waals surface area contributed by atoms with Crippen molar-refractivity contribution in [2.75, 3.05) is 23.0 Å². The van der Waals surface area contributed by atoms with Gasteiger partial charge in [0.15, 0.2) is 0 Å². The highest BCUT2D eigenvalue weighted by molar-refractivity contribution is 7.92. The summed E-state index contributed by atoms with van der Waals surface area (Å²) in [5.41, 5.74) is 2.02. The Morgan fingerprint density at radius 1 is 1.08 bits per heavy atom. The molecule has 0 fully saturated rings. The molecule has 0 aromatic heterocycles. The summed E-state index contributed by atoms with van der Waals surface area (Å²) < 4.78 is 30.6. The number of rotatable bonds is 6. The summed E-state index contributed by atoms with van der Waals surface area (Å²) in [5.74, 6) is 0.250. The Morgan fingerprint density at radius 2 is 1.64 bits per heavy atom. The van der Waals surface area contributed by atoms with Gasteiger partial charge in [-0.3, -0.25) is 9.10 Å². The number of benzene rings is 2. The number of nitrogens with one attached hydrogen (secondary N) is 1. The molecule has 2 rings (SSSR count). The number of sulfonamides is 1. The second kappa shape index (κ2) is 7.57. The summed E-state index contributed by atoms with van der Waals surface area (Å²) in [6.07, 6.45) is 1.09. The first-order valence-electron chi connectivity index (χ1n) is 7.73. The van der Waals surface area contributed by atoms with Gasteiger partial charge in [0.05, 0.1) is 19.1 Å². The van der Waals surface area contributed by atoms with E-state index < -0.39 is 22.0 Å². The fourth-order valence-corrected chi connectivity index (χ4v) is 3.60. The lowest BCUT2D eigenvalue weighted by Crippen LogP contribution is -2.45. The fraction of sp³-hybridized carbons (Fsp3) is 0.278. The van der Waals surface area contributed by atoms with Crippen molar-refractivity contribution in [3.63, 3.8) is 0 Å². The van der Waals surface area contributed by atoms with Crippen molar-refractivity contribution in [3.05, 3.63) is 54.1 Å². The molecule has 6 nitrogen and oxygen atoms in total. The summed E-state index contributed by atoms with van der Waals surface area (Å²) in [5, 5.41) is 2.73. The number of nitrogens with zero attached hydrogens (tertiary/aromatic N) is 1. The van der Waals surface area contributed by atoms with Gasteiger partial charge in [-0.1, -0.05) is 17.7 Å². The maximum absolute atomic E-state index is 12.5. The summed E-state index contributed by atoms with van der Waals surface area (Å²) in [7, 11) is -2.07. The Morgan fingerprint density at radius 3 is 2.12 bits per heavy atom.